The molecular weight excluding hydrogens is 335 g/mol. The zero-order chi connectivity index (χ0) is 15.9. The number of thioether (sulfide) groups is 1. The second kappa shape index (κ2) is 5.44. The minimum Gasteiger partial charge on any atom is -0.286 e. The monoisotopic (exact) mass is 343 g/mol. The Hall–Kier alpha value is -1.80. The van der Waals surface area contributed by atoms with E-state index < -0.39 is 17.0 Å². The van der Waals surface area contributed by atoms with E-state index in [4.69, 9.17) is 0 Å². The number of carbonyl (C=O) groups excluding carboxylic acids is 2. The summed E-state index contributed by atoms with van der Waals surface area (Å²) in [6, 6.07) is 8.29. The summed E-state index contributed by atoms with van der Waals surface area (Å²) in [5.41, 5.74) is -0.0664. The number of rotatable bonds is 2. The number of alkyl halides is 3. The van der Waals surface area contributed by atoms with Crippen molar-refractivity contribution >= 4 is 34.2 Å². The van der Waals surface area contributed by atoms with Gasteiger partial charge in [-0.15, -0.1) is 11.3 Å². The van der Waals surface area contributed by atoms with Gasteiger partial charge in [0.1, 0.15) is 5.25 Å². The maximum absolute atomic E-state index is 12.5. The lowest BCUT2D eigenvalue weighted by Crippen LogP contribution is -2.20. The summed E-state index contributed by atoms with van der Waals surface area (Å²) in [5.74, 6) is -0.365. The molecule has 2 amide bonds. The van der Waals surface area contributed by atoms with Crippen molar-refractivity contribution < 1.29 is 22.8 Å². The van der Waals surface area contributed by atoms with Crippen molar-refractivity contribution in [1.29, 1.82) is 0 Å². The average molecular weight is 343 g/mol. The van der Waals surface area contributed by atoms with Gasteiger partial charge in [0.15, 0.2) is 0 Å². The second-order valence-electron chi connectivity index (χ2n) is 4.55. The molecule has 0 radical (unpaired) electrons. The summed E-state index contributed by atoms with van der Waals surface area (Å²) < 4.78 is 37.6. The average Bonchev–Trinajstić information content (AvgIpc) is 3.04. The molecule has 1 aliphatic heterocycles. The van der Waals surface area contributed by atoms with E-state index in [0.717, 1.165) is 28.8 Å². The Morgan fingerprint density at radius 1 is 1.00 bits per heavy atom. The van der Waals surface area contributed by atoms with Gasteiger partial charge in [0, 0.05) is 9.75 Å². The highest BCUT2D eigenvalue weighted by molar-refractivity contribution is 8.15. The van der Waals surface area contributed by atoms with E-state index in [2.05, 4.69) is 5.32 Å². The van der Waals surface area contributed by atoms with Crippen molar-refractivity contribution in [3.8, 4) is 10.4 Å². The molecule has 0 bridgehead atoms. The van der Waals surface area contributed by atoms with Gasteiger partial charge < -0.3 is 0 Å². The van der Waals surface area contributed by atoms with Gasteiger partial charge in [-0.05, 0) is 41.6 Å². The van der Waals surface area contributed by atoms with E-state index in [1.807, 2.05) is 0 Å². The predicted octanol–water partition coefficient (Wildman–Crippen LogP) is 4.46. The van der Waals surface area contributed by atoms with Crippen LogP contribution in [-0.2, 0) is 11.0 Å². The molecule has 2 aromatic rings. The van der Waals surface area contributed by atoms with Crippen LogP contribution in [0.15, 0.2) is 36.4 Å². The lowest BCUT2D eigenvalue weighted by molar-refractivity contribution is -0.137. The van der Waals surface area contributed by atoms with Gasteiger partial charge in [-0.25, -0.2) is 0 Å². The third-order valence-electron chi connectivity index (χ3n) is 3.07. The van der Waals surface area contributed by atoms with E-state index in [0.29, 0.717) is 10.4 Å². The molecule has 8 heteroatoms. The van der Waals surface area contributed by atoms with Gasteiger partial charge in [0.2, 0.25) is 5.91 Å². The first-order chi connectivity index (χ1) is 10.3. The largest absolute Gasteiger partial charge is 0.416 e. The molecule has 3 rings (SSSR count). The van der Waals surface area contributed by atoms with E-state index >= 15 is 0 Å². The van der Waals surface area contributed by atoms with Gasteiger partial charge in [0.05, 0.1) is 5.56 Å². The van der Waals surface area contributed by atoms with Gasteiger partial charge in [0.25, 0.3) is 5.24 Å². The summed E-state index contributed by atoms with van der Waals surface area (Å²) >= 11 is 2.19. The topological polar surface area (TPSA) is 46.2 Å². The van der Waals surface area contributed by atoms with E-state index in [1.165, 1.54) is 23.5 Å². The molecule has 1 fully saturated rings. The van der Waals surface area contributed by atoms with Gasteiger partial charge >= 0.3 is 6.18 Å². The van der Waals surface area contributed by atoms with Crippen molar-refractivity contribution in [2.24, 2.45) is 0 Å². The van der Waals surface area contributed by atoms with Crippen LogP contribution in [0.3, 0.4) is 0 Å². The molecule has 0 spiro atoms. The highest BCUT2D eigenvalue weighted by atomic mass is 32.2. The molecule has 3 nitrogen and oxygen atoms in total. The van der Waals surface area contributed by atoms with Gasteiger partial charge in [-0.3, -0.25) is 14.9 Å². The van der Waals surface area contributed by atoms with Crippen LogP contribution >= 0.6 is 23.1 Å². The molecule has 0 saturated carbocycles. The molecule has 1 saturated heterocycles. The molecule has 0 aliphatic carbocycles. The smallest absolute Gasteiger partial charge is 0.286 e. The highest BCUT2D eigenvalue weighted by Crippen LogP contribution is 2.40. The highest BCUT2D eigenvalue weighted by Gasteiger charge is 2.34. The van der Waals surface area contributed by atoms with Crippen molar-refractivity contribution in [3.63, 3.8) is 0 Å². The quantitative estimate of drug-likeness (QED) is 0.876. The third-order valence-corrected chi connectivity index (χ3v) is 5.44. The van der Waals surface area contributed by atoms with Crippen molar-refractivity contribution in [2.75, 3.05) is 0 Å². The van der Waals surface area contributed by atoms with E-state index in [9.17, 15) is 22.8 Å². The molecule has 22 heavy (non-hydrogen) atoms. The molecule has 1 unspecified atom stereocenters. The predicted molar refractivity (Wildman–Crippen MR) is 78.6 cm³/mol. The van der Waals surface area contributed by atoms with Gasteiger partial charge in [-0.2, -0.15) is 13.2 Å². The molecule has 1 aromatic heterocycles. The standard InChI is InChI=1S/C14H8F3NO2S2/c15-14(16,17)8-3-1-7(2-4-8)9-5-6-10(21-9)11-12(19)18-13(20)22-11/h1-6,11H,(H,18,19,20). The first-order valence-corrected chi connectivity index (χ1v) is 7.83. The number of halogens is 3. The van der Waals surface area contributed by atoms with E-state index in [-0.39, 0.29) is 11.1 Å². The van der Waals surface area contributed by atoms with Crippen molar-refractivity contribution in [3.05, 3.63) is 46.8 Å². The normalized spacial score (nSPS) is 18.6. The molecule has 114 valence electrons. The zero-order valence-electron chi connectivity index (χ0n) is 10.8. The van der Waals surface area contributed by atoms with Crippen LogP contribution in [0.25, 0.3) is 10.4 Å². The van der Waals surface area contributed by atoms with Crippen molar-refractivity contribution in [1.82, 2.24) is 5.32 Å². The molecule has 1 aliphatic rings. The molecule has 2 heterocycles. The molecular formula is C14H8F3NO2S2. The van der Waals surface area contributed by atoms with Crippen LogP contribution in [0, 0.1) is 0 Å². The van der Waals surface area contributed by atoms with Crippen LogP contribution in [-0.4, -0.2) is 11.1 Å². The maximum Gasteiger partial charge on any atom is 0.416 e. The zero-order valence-corrected chi connectivity index (χ0v) is 12.4. The first kappa shape index (κ1) is 15.1. The number of benzene rings is 1. The molecule has 1 atom stereocenters. The Labute approximate surface area is 131 Å². The Balaban J connectivity index is 1.85. The number of imide groups is 1. The summed E-state index contributed by atoms with van der Waals surface area (Å²) in [4.78, 5) is 24.2. The summed E-state index contributed by atoms with van der Waals surface area (Å²) in [5, 5.41) is 1.23. The number of hydrogen-bond donors (Lipinski definition) is 1. The lowest BCUT2D eigenvalue weighted by atomic mass is 10.1. The minimum absolute atomic E-state index is 0.365. The van der Waals surface area contributed by atoms with Crippen LogP contribution in [0.4, 0.5) is 18.0 Å². The first-order valence-electron chi connectivity index (χ1n) is 6.13. The van der Waals surface area contributed by atoms with Crippen molar-refractivity contribution in [2.45, 2.75) is 11.4 Å². The van der Waals surface area contributed by atoms with Crippen LogP contribution in [0.5, 0.6) is 0 Å². The fourth-order valence-corrected chi connectivity index (χ4v) is 4.03. The lowest BCUT2D eigenvalue weighted by Gasteiger charge is -2.06. The Morgan fingerprint density at radius 2 is 1.68 bits per heavy atom. The minimum atomic E-state index is -4.36. The summed E-state index contributed by atoms with van der Waals surface area (Å²) in [6.45, 7) is 0. The maximum atomic E-state index is 12.5. The van der Waals surface area contributed by atoms with Gasteiger partial charge in [-0.1, -0.05) is 12.1 Å². The summed E-state index contributed by atoms with van der Waals surface area (Å²) in [6.07, 6.45) is -4.36. The Bertz CT molecular complexity index is 737. The number of amides is 2. The number of nitrogens with one attached hydrogen (secondary N) is 1. The second-order valence-corrected chi connectivity index (χ2v) is 6.74. The fourth-order valence-electron chi connectivity index (χ4n) is 2.02. The Kier molecular flexibility index (Phi) is 3.73. The summed E-state index contributed by atoms with van der Waals surface area (Å²) in [7, 11) is 0. The number of thiophene rings is 1. The fraction of sp³-hybridized carbons (Fsp3) is 0.143. The van der Waals surface area contributed by atoms with Crippen LogP contribution in [0.2, 0.25) is 0 Å². The van der Waals surface area contributed by atoms with E-state index in [1.54, 1.807) is 12.1 Å². The number of carbonyl (C=O) groups is 2. The Morgan fingerprint density at radius 3 is 2.23 bits per heavy atom. The van der Waals surface area contributed by atoms with Crippen LogP contribution < -0.4 is 5.32 Å². The van der Waals surface area contributed by atoms with Crippen LogP contribution in [0.1, 0.15) is 15.7 Å². The third kappa shape index (κ3) is 2.89. The molecule has 1 aromatic carbocycles. The molecule has 1 N–H and O–H groups in total. The number of hydrogen-bond acceptors (Lipinski definition) is 4. The SMILES string of the molecule is O=C1NC(=O)C(c2ccc(-c3ccc(C(F)(F)F)cc3)s2)S1.